The van der Waals surface area contributed by atoms with Crippen molar-refractivity contribution in [3.8, 4) is 11.1 Å². The molecule has 0 N–H and O–H groups in total. The first-order valence-electron chi connectivity index (χ1n) is 8.50. The third-order valence-corrected chi connectivity index (χ3v) is 5.66. The molecule has 112 valence electrons. The SMILES string of the molecule is O=C1c2cc(-c3ccccc3)c3ccccc3c2[C@H]2CCC[C@@H]12. The van der Waals surface area contributed by atoms with Gasteiger partial charge in [0.15, 0.2) is 5.78 Å². The summed E-state index contributed by atoms with van der Waals surface area (Å²) in [5.74, 6) is 1.07. The summed E-state index contributed by atoms with van der Waals surface area (Å²) in [5, 5.41) is 2.56. The number of hydrogen-bond donors (Lipinski definition) is 0. The van der Waals surface area contributed by atoms with Crippen molar-refractivity contribution in [2.45, 2.75) is 25.2 Å². The van der Waals surface area contributed by atoms with E-state index in [4.69, 9.17) is 0 Å². The van der Waals surface area contributed by atoms with Crippen LogP contribution in [0.2, 0.25) is 0 Å². The third kappa shape index (κ3) is 1.77. The van der Waals surface area contributed by atoms with E-state index >= 15 is 0 Å². The summed E-state index contributed by atoms with van der Waals surface area (Å²) in [7, 11) is 0. The Morgan fingerprint density at radius 2 is 1.43 bits per heavy atom. The van der Waals surface area contributed by atoms with Gasteiger partial charge in [-0.25, -0.2) is 0 Å². The smallest absolute Gasteiger partial charge is 0.166 e. The molecule has 0 radical (unpaired) electrons. The zero-order chi connectivity index (χ0) is 15.4. The van der Waals surface area contributed by atoms with Crippen molar-refractivity contribution in [3.05, 3.63) is 71.8 Å². The fourth-order valence-electron chi connectivity index (χ4n) is 4.68. The number of benzene rings is 3. The van der Waals surface area contributed by atoms with E-state index in [0.29, 0.717) is 11.7 Å². The van der Waals surface area contributed by atoms with Gasteiger partial charge in [-0.3, -0.25) is 4.79 Å². The molecular formula is C22H18O. The Balaban J connectivity index is 1.87. The van der Waals surface area contributed by atoms with Crippen LogP contribution in [0.15, 0.2) is 60.7 Å². The van der Waals surface area contributed by atoms with Crippen molar-refractivity contribution in [3.63, 3.8) is 0 Å². The van der Waals surface area contributed by atoms with Gasteiger partial charge >= 0.3 is 0 Å². The summed E-state index contributed by atoms with van der Waals surface area (Å²) >= 11 is 0. The van der Waals surface area contributed by atoms with Crippen LogP contribution in [0.25, 0.3) is 21.9 Å². The van der Waals surface area contributed by atoms with E-state index in [1.54, 1.807) is 0 Å². The van der Waals surface area contributed by atoms with Crippen LogP contribution in [-0.4, -0.2) is 5.78 Å². The minimum absolute atomic E-state index is 0.236. The summed E-state index contributed by atoms with van der Waals surface area (Å²) in [6.45, 7) is 0. The average molecular weight is 298 g/mol. The molecular weight excluding hydrogens is 280 g/mol. The van der Waals surface area contributed by atoms with Gasteiger partial charge in [0.05, 0.1) is 0 Å². The summed E-state index contributed by atoms with van der Waals surface area (Å²) in [5.41, 5.74) is 4.69. The Morgan fingerprint density at radius 3 is 2.26 bits per heavy atom. The zero-order valence-electron chi connectivity index (χ0n) is 13.0. The molecule has 2 aliphatic rings. The molecule has 0 aliphatic heterocycles. The lowest BCUT2D eigenvalue weighted by Crippen LogP contribution is -2.06. The lowest BCUT2D eigenvalue weighted by atomic mass is 9.88. The molecule has 2 atom stereocenters. The van der Waals surface area contributed by atoms with Gasteiger partial charge in [-0.2, -0.15) is 0 Å². The summed E-state index contributed by atoms with van der Waals surface area (Å²) in [6.07, 6.45) is 3.42. The molecule has 3 aromatic rings. The van der Waals surface area contributed by atoms with Crippen LogP contribution in [0.3, 0.4) is 0 Å². The molecule has 0 aromatic heterocycles. The van der Waals surface area contributed by atoms with E-state index < -0.39 is 0 Å². The lowest BCUT2D eigenvalue weighted by molar-refractivity contribution is 0.0932. The Labute approximate surface area is 136 Å². The van der Waals surface area contributed by atoms with Crippen molar-refractivity contribution in [2.24, 2.45) is 5.92 Å². The number of rotatable bonds is 1. The van der Waals surface area contributed by atoms with Crippen LogP contribution in [0.5, 0.6) is 0 Å². The summed E-state index contributed by atoms with van der Waals surface area (Å²) in [6, 6.07) is 21.2. The molecule has 23 heavy (non-hydrogen) atoms. The Morgan fingerprint density at radius 1 is 0.739 bits per heavy atom. The van der Waals surface area contributed by atoms with Crippen LogP contribution in [0, 0.1) is 5.92 Å². The Kier molecular flexibility index (Phi) is 2.72. The first-order valence-corrected chi connectivity index (χ1v) is 8.50. The predicted molar refractivity (Wildman–Crippen MR) is 93.8 cm³/mol. The van der Waals surface area contributed by atoms with Crippen molar-refractivity contribution in [2.75, 3.05) is 0 Å². The molecule has 0 saturated heterocycles. The minimum atomic E-state index is 0.236. The van der Waals surface area contributed by atoms with Gasteiger partial charge in [-0.15, -0.1) is 0 Å². The van der Waals surface area contributed by atoms with E-state index in [1.165, 1.54) is 33.9 Å². The van der Waals surface area contributed by atoms with Gasteiger partial charge in [-0.05, 0) is 52.3 Å². The van der Waals surface area contributed by atoms with Gasteiger partial charge in [0.25, 0.3) is 0 Å². The quantitative estimate of drug-likeness (QED) is 0.572. The second-order valence-electron chi connectivity index (χ2n) is 6.81. The average Bonchev–Trinajstić information content (AvgIpc) is 3.18. The highest BCUT2D eigenvalue weighted by molar-refractivity contribution is 6.12. The molecule has 1 nitrogen and oxygen atoms in total. The number of carbonyl (C=O) groups excluding carboxylic acids is 1. The third-order valence-electron chi connectivity index (χ3n) is 5.66. The van der Waals surface area contributed by atoms with Gasteiger partial charge in [-0.1, -0.05) is 61.0 Å². The predicted octanol–water partition coefficient (Wildman–Crippen LogP) is 5.59. The number of ketones is 1. The fraction of sp³-hybridized carbons (Fsp3) is 0.227. The first kappa shape index (κ1) is 13.1. The molecule has 5 rings (SSSR count). The normalized spacial score (nSPS) is 22.3. The number of hydrogen-bond acceptors (Lipinski definition) is 1. The van der Waals surface area contributed by atoms with E-state index in [1.807, 2.05) is 6.07 Å². The van der Waals surface area contributed by atoms with Crippen molar-refractivity contribution < 1.29 is 4.79 Å². The standard InChI is InChI=1S/C22H18O/c23-22-18-12-6-11-17(18)21-16-10-5-4-9-15(16)19(13-20(21)22)14-7-2-1-3-8-14/h1-5,7-10,13,17-18H,6,11-12H2/t17-,18+/m0/s1. The van der Waals surface area contributed by atoms with Gasteiger partial charge in [0, 0.05) is 11.5 Å². The van der Waals surface area contributed by atoms with Gasteiger partial charge < -0.3 is 0 Å². The van der Waals surface area contributed by atoms with Crippen LogP contribution in [0.1, 0.15) is 41.1 Å². The molecule has 1 saturated carbocycles. The summed E-state index contributed by atoms with van der Waals surface area (Å²) < 4.78 is 0. The maximum atomic E-state index is 12.9. The largest absolute Gasteiger partial charge is 0.294 e. The van der Waals surface area contributed by atoms with E-state index in [2.05, 4.69) is 54.6 Å². The van der Waals surface area contributed by atoms with E-state index in [9.17, 15) is 4.79 Å². The molecule has 0 spiro atoms. The molecule has 0 heterocycles. The number of carbonyl (C=O) groups is 1. The van der Waals surface area contributed by atoms with Gasteiger partial charge in [0.2, 0.25) is 0 Å². The Bertz CT molecular complexity index is 923. The summed E-state index contributed by atoms with van der Waals surface area (Å²) in [4.78, 5) is 12.9. The molecule has 3 aromatic carbocycles. The van der Waals surface area contributed by atoms with Crippen LogP contribution in [-0.2, 0) is 0 Å². The lowest BCUT2D eigenvalue weighted by Gasteiger charge is -2.15. The Hall–Kier alpha value is -2.41. The van der Waals surface area contributed by atoms with E-state index in [-0.39, 0.29) is 5.92 Å². The molecule has 1 fully saturated rings. The van der Waals surface area contributed by atoms with Crippen LogP contribution >= 0.6 is 0 Å². The second-order valence-corrected chi connectivity index (χ2v) is 6.81. The number of Topliss-reactive ketones (excluding diaryl/α,β-unsaturated/α-hetero) is 1. The van der Waals surface area contributed by atoms with Crippen LogP contribution in [0.4, 0.5) is 0 Å². The van der Waals surface area contributed by atoms with E-state index in [0.717, 1.165) is 18.4 Å². The van der Waals surface area contributed by atoms with Crippen molar-refractivity contribution in [1.82, 2.24) is 0 Å². The maximum absolute atomic E-state index is 12.9. The second kappa shape index (κ2) is 4.79. The highest BCUT2D eigenvalue weighted by atomic mass is 16.1. The minimum Gasteiger partial charge on any atom is -0.294 e. The molecule has 0 amide bonds. The van der Waals surface area contributed by atoms with Gasteiger partial charge in [0.1, 0.15) is 0 Å². The molecule has 0 unspecified atom stereocenters. The highest BCUT2D eigenvalue weighted by Crippen LogP contribution is 2.51. The fourth-order valence-corrected chi connectivity index (χ4v) is 4.68. The van der Waals surface area contributed by atoms with Crippen molar-refractivity contribution in [1.29, 1.82) is 0 Å². The van der Waals surface area contributed by atoms with Crippen molar-refractivity contribution >= 4 is 16.6 Å². The molecule has 0 bridgehead atoms. The van der Waals surface area contributed by atoms with Crippen LogP contribution < -0.4 is 0 Å². The highest BCUT2D eigenvalue weighted by Gasteiger charge is 2.43. The first-order chi connectivity index (χ1) is 11.3. The topological polar surface area (TPSA) is 17.1 Å². The monoisotopic (exact) mass is 298 g/mol. The molecule has 1 heteroatoms. The molecule has 2 aliphatic carbocycles. The zero-order valence-corrected chi connectivity index (χ0v) is 13.0. The maximum Gasteiger partial charge on any atom is 0.166 e. The number of fused-ring (bicyclic) bond motifs is 5.